The largest absolute Gasteiger partial charge is 0.415 e. The summed E-state index contributed by atoms with van der Waals surface area (Å²) in [5.74, 6) is -2.84. The number of fused-ring (bicyclic) bond motifs is 1. The highest BCUT2D eigenvalue weighted by Crippen LogP contribution is 2.35. The van der Waals surface area contributed by atoms with Gasteiger partial charge in [0.2, 0.25) is 0 Å². The SMILES string of the molecule is CCN(CC)C(=O)Oc1ccc2c(ccn2Cc2ccc(F)cc2)c1NC(=O)c1cc(F)ccc1F. The number of hydrogen-bond donors (Lipinski definition) is 1. The van der Waals surface area contributed by atoms with Crippen LogP contribution in [0.25, 0.3) is 10.9 Å². The number of hydrogen-bond acceptors (Lipinski definition) is 3. The van der Waals surface area contributed by atoms with E-state index >= 15 is 0 Å². The minimum atomic E-state index is -0.897. The third kappa shape index (κ3) is 5.19. The number of benzene rings is 3. The second kappa shape index (κ2) is 10.6. The van der Waals surface area contributed by atoms with Crippen molar-refractivity contribution >= 4 is 28.6 Å². The zero-order valence-corrected chi connectivity index (χ0v) is 19.7. The van der Waals surface area contributed by atoms with Crippen LogP contribution in [-0.2, 0) is 6.54 Å². The summed E-state index contributed by atoms with van der Waals surface area (Å²) < 4.78 is 48.7. The standard InChI is InChI=1S/C27H24F3N3O3/c1-3-32(4-2)27(35)36-24-12-11-23-20(13-14-33(23)16-17-5-7-18(28)8-6-17)25(24)31-26(34)21-15-19(29)9-10-22(21)30/h5-15H,3-4,16H2,1-2H3,(H,31,34). The van der Waals surface area contributed by atoms with E-state index in [4.69, 9.17) is 4.74 Å². The lowest BCUT2D eigenvalue weighted by molar-refractivity contribution is 0.102. The van der Waals surface area contributed by atoms with E-state index in [9.17, 15) is 22.8 Å². The normalized spacial score (nSPS) is 10.9. The van der Waals surface area contributed by atoms with Gasteiger partial charge in [0.15, 0.2) is 5.75 Å². The summed E-state index contributed by atoms with van der Waals surface area (Å²) in [4.78, 5) is 27.0. The Balaban J connectivity index is 1.75. The first-order valence-electron chi connectivity index (χ1n) is 11.4. The van der Waals surface area contributed by atoms with Gasteiger partial charge < -0.3 is 19.5 Å². The number of halogens is 3. The molecule has 0 aliphatic carbocycles. The van der Waals surface area contributed by atoms with Crippen LogP contribution in [0.3, 0.4) is 0 Å². The summed E-state index contributed by atoms with van der Waals surface area (Å²) in [5.41, 5.74) is 1.17. The van der Waals surface area contributed by atoms with E-state index in [-0.39, 0.29) is 17.3 Å². The molecule has 0 bridgehead atoms. The van der Waals surface area contributed by atoms with Gasteiger partial charge >= 0.3 is 6.09 Å². The molecule has 36 heavy (non-hydrogen) atoms. The summed E-state index contributed by atoms with van der Waals surface area (Å²) in [6.07, 6.45) is 1.15. The lowest BCUT2D eigenvalue weighted by atomic mass is 10.1. The summed E-state index contributed by atoms with van der Waals surface area (Å²) in [7, 11) is 0. The van der Waals surface area contributed by atoms with Gasteiger partial charge in [-0.25, -0.2) is 18.0 Å². The molecule has 0 saturated heterocycles. The van der Waals surface area contributed by atoms with Crippen LogP contribution in [0.2, 0.25) is 0 Å². The van der Waals surface area contributed by atoms with Crippen molar-refractivity contribution in [3.63, 3.8) is 0 Å². The zero-order chi connectivity index (χ0) is 25.8. The van der Waals surface area contributed by atoms with Gasteiger partial charge in [-0.3, -0.25) is 4.79 Å². The van der Waals surface area contributed by atoms with Crippen molar-refractivity contribution in [2.24, 2.45) is 0 Å². The Bertz CT molecular complexity index is 1410. The van der Waals surface area contributed by atoms with Gasteiger partial charge in [0.05, 0.1) is 16.8 Å². The molecule has 0 radical (unpaired) electrons. The highest BCUT2D eigenvalue weighted by atomic mass is 19.1. The number of rotatable bonds is 7. The van der Waals surface area contributed by atoms with Gasteiger partial charge in [0.25, 0.3) is 5.91 Å². The second-order valence-electron chi connectivity index (χ2n) is 8.06. The lowest BCUT2D eigenvalue weighted by Gasteiger charge is -2.20. The zero-order valence-electron chi connectivity index (χ0n) is 19.7. The molecule has 0 atom stereocenters. The first-order valence-corrected chi connectivity index (χ1v) is 11.4. The van der Waals surface area contributed by atoms with Gasteiger partial charge in [-0.05, 0) is 67.9 Å². The predicted molar refractivity (Wildman–Crippen MR) is 131 cm³/mol. The molecule has 186 valence electrons. The van der Waals surface area contributed by atoms with E-state index in [2.05, 4.69) is 5.32 Å². The fraction of sp³-hybridized carbons (Fsp3) is 0.185. The Morgan fingerprint density at radius 1 is 0.917 bits per heavy atom. The van der Waals surface area contributed by atoms with Gasteiger partial charge in [-0.1, -0.05) is 12.1 Å². The molecule has 0 spiro atoms. The number of amides is 2. The number of nitrogens with one attached hydrogen (secondary N) is 1. The lowest BCUT2D eigenvalue weighted by Crippen LogP contribution is -2.33. The Labute approximate surface area is 205 Å². The van der Waals surface area contributed by atoms with E-state index in [0.29, 0.717) is 30.5 Å². The quantitative estimate of drug-likeness (QED) is 0.332. The maximum Gasteiger partial charge on any atom is 0.415 e. The third-order valence-corrected chi connectivity index (χ3v) is 5.81. The monoisotopic (exact) mass is 495 g/mol. The van der Waals surface area contributed by atoms with Crippen molar-refractivity contribution in [2.45, 2.75) is 20.4 Å². The Morgan fingerprint density at radius 2 is 1.61 bits per heavy atom. The van der Waals surface area contributed by atoms with Crippen LogP contribution in [0.1, 0.15) is 29.8 Å². The molecule has 1 aromatic heterocycles. The summed E-state index contributed by atoms with van der Waals surface area (Å²) >= 11 is 0. The number of nitrogens with zero attached hydrogens (tertiary/aromatic N) is 2. The van der Waals surface area contributed by atoms with E-state index in [0.717, 1.165) is 23.8 Å². The predicted octanol–water partition coefficient (Wildman–Crippen LogP) is 6.20. The molecule has 0 aliphatic rings. The molecule has 2 amide bonds. The molecule has 6 nitrogen and oxygen atoms in total. The molecule has 0 saturated carbocycles. The third-order valence-electron chi connectivity index (χ3n) is 5.81. The highest BCUT2D eigenvalue weighted by Gasteiger charge is 2.21. The molecule has 1 heterocycles. The molecular weight excluding hydrogens is 471 g/mol. The minimum absolute atomic E-state index is 0.0593. The molecule has 9 heteroatoms. The van der Waals surface area contributed by atoms with E-state index in [1.807, 2.05) is 4.57 Å². The van der Waals surface area contributed by atoms with Crippen LogP contribution in [0.4, 0.5) is 23.7 Å². The Kier molecular flexibility index (Phi) is 7.28. The Hall–Kier alpha value is -4.27. The topological polar surface area (TPSA) is 63.6 Å². The van der Waals surface area contributed by atoms with Crippen molar-refractivity contribution in [3.05, 3.63) is 95.4 Å². The first kappa shape index (κ1) is 24.8. The van der Waals surface area contributed by atoms with Crippen LogP contribution >= 0.6 is 0 Å². The van der Waals surface area contributed by atoms with Gasteiger partial charge in [0.1, 0.15) is 17.5 Å². The van der Waals surface area contributed by atoms with Gasteiger partial charge in [-0.15, -0.1) is 0 Å². The molecule has 0 unspecified atom stereocenters. The van der Waals surface area contributed by atoms with Gasteiger partial charge in [-0.2, -0.15) is 0 Å². The van der Waals surface area contributed by atoms with Crippen molar-refractivity contribution in [2.75, 3.05) is 18.4 Å². The average molecular weight is 496 g/mol. The van der Waals surface area contributed by atoms with Crippen molar-refractivity contribution in [1.29, 1.82) is 0 Å². The van der Waals surface area contributed by atoms with E-state index in [1.54, 1.807) is 44.3 Å². The molecule has 1 N–H and O–H groups in total. The summed E-state index contributed by atoms with van der Waals surface area (Å²) in [6.45, 7) is 4.86. The smallest absolute Gasteiger partial charge is 0.408 e. The highest BCUT2D eigenvalue weighted by molar-refractivity contribution is 6.10. The average Bonchev–Trinajstić information content (AvgIpc) is 3.27. The number of ether oxygens (including phenoxy) is 1. The molecule has 4 rings (SSSR count). The van der Waals surface area contributed by atoms with Crippen LogP contribution in [0.5, 0.6) is 5.75 Å². The van der Waals surface area contributed by atoms with Crippen molar-refractivity contribution < 1.29 is 27.5 Å². The first-order chi connectivity index (χ1) is 17.3. The summed E-state index contributed by atoms with van der Waals surface area (Å²) in [5, 5.41) is 3.12. The molecular formula is C27H24F3N3O3. The maximum absolute atomic E-state index is 14.3. The van der Waals surface area contributed by atoms with Crippen LogP contribution in [0, 0.1) is 17.5 Å². The fourth-order valence-corrected chi connectivity index (χ4v) is 3.88. The molecule has 3 aromatic carbocycles. The minimum Gasteiger partial charge on any atom is -0.408 e. The molecule has 4 aromatic rings. The molecule has 0 aliphatic heterocycles. The number of anilines is 1. The maximum atomic E-state index is 14.3. The fourth-order valence-electron chi connectivity index (χ4n) is 3.88. The van der Waals surface area contributed by atoms with Crippen LogP contribution in [-0.4, -0.2) is 34.6 Å². The Morgan fingerprint density at radius 3 is 2.31 bits per heavy atom. The van der Waals surface area contributed by atoms with E-state index < -0.39 is 29.2 Å². The number of aromatic nitrogens is 1. The van der Waals surface area contributed by atoms with Gasteiger partial charge in [0, 0.05) is 31.2 Å². The summed E-state index contributed by atoms with van der Waals surface area (Å²) in [6, 6.07) is 13.6. The van der Waals surface area contributed by atoms with E-state index in [1.165, 1.54) is 23.1 Å². The van der Waals surface area contributed by atoms with Crippen LogP contribution < -0.4 is 10.1 Å². The number of carbonyl (C=O) groups excluding carboxylic acids is 2. The van der Waals surface area contributed by atoms with Crippen molar-refractivity contribution in [1.82, 2.24) is 9.47 Å². The molecule has 0 fully saturated rings. The van der Waals surface area contributed by atoms with Crippen molar-refractivity contribution in [3.8, 4) is 5.75 Å². The number of carbonyl (C=O) groups is 2. The van der Waals surface area contributed by atoms with Crippen LogP contribution in [0.15, 0.2) is 66.9 Å². The second-order valence-corrected chi connectivity index (χ2v) is 8.06.